The van der Waals surface area contributed by atoms with Crippen molar-refractivity contribution in [3.8, 4) is 11.5 Å². The van der Waals surface area contributed by atoms with Crippen LogP contribution in [0.1, 0.15) is 6.04 Å². The Labute approximate surface area is 170 Å². The zero-order valence-corrected chi connectivity index (χ0v) is 16.6. The molecule has 2 aliphatic heterocycles. The summed E-state index contributed by atoms with van der Waals surface area (Å²) in [7, 11) is 0. The van der Waals surface area contributed by atoms with E-state index >= 15 is 0 Å². The molecule has 0 N–H and O–H groups in total. The van der Waals surface area contributed by atoms with Crippen molar-refractivity contribution in [1.82, 2.24) is 9.47 Å². The molecule has 3 heterocycles. The molecule has 0 amide bonds. The Balaban J connectivity index is 1.35. The minimum absolute atomic E-state index is 0.253. The number of aliphatic imine (C=N–C) groups is 1. The van der Waals surface area contributed by atoms with Gasteiger partial charge in [0.1, 0.15) is 5.82 Å². The lowest BCUT2D eigenvalue weighted by Crippen LogP contribution is -2.49. The van der Waals surface area contributed by atoms with Crippen LogP contribution >= 0.6 is 23.4 Å². The summed E-state index contributed by atoms with van der Waals surface area (Å²) < 4.78 is 26.4. The molecular weight excluding hydrogens is 401 g/mol. The minimum Gasteiger partial charge on any atom is -0.454 e. The summed E-state index contributed by atoms with van der Waals surface area (Å²) in [6.07, 6.45) is 3.91. The Bertz CT molecular complexity index is 1090. The molecule has 5 rings (SSSR count). The molecule has 1 aromatic heterocycles. The Morgan fingerprint density at radius 1 is 1.18 bits per heavy atom. The number of amidine groups is 1. The second-order valence-electron chi connectivity index (χ2n) is 6.74. The van der Waals surface area contributed by atoms with Crippen molar-refractivity contribution in [3.05, 3.63) is 53.4 Å². The highest BCUT2D eigenvalue weighted by molar-refractivity contribution is 8.13. The van der Waals surface area contributed by atoms with E-state index in [0.29, 0.717) is 5.02 Å². The predicted molar refractivity (Wildman–Crippen MR) is 111 cm³/mol. The molecule has 5 nitrogen and oxygen atoms in total. The standard InChI is InChI=1S/C20H17ClFN3O2S/c1-28-20(23-13-3-5-18-19(7-13)27-11-26-18)24-8-14(9-24)25-10-16(21)15-6-12(22)2-4-17(15)25/h2-7,10,14H,8-9,11H2,1H3/b23-20+. The van der Waals surface area contributed by atoms with Gasteiger partial charge in [-0.25, -0.2) is 9.38 Å². The summed E-state index contributed by atoms with van der Waals surface area (Å²) >= 11 is 7.91. The molecule has 28 heavy (non-hydrogen) atoms. The second-order valence-corrected chi connectivity index (χ2v) is 7.92. The van der Waals surface area contributed by atoms with Crippen LogP contribution in [0, 0.1) is 5.82 Å². The van der Waals surface area contributed by atoms with E-state index < -0.39 is 0 Å². The van der Waals surface area contributed by atoms with Crippen molar-refractivity contribution in [3.63, 3.8) is 0 Å². The second kappa shape index (κ2) is 6.90. The van der Waals surface area contributed by atoms with Gasteiger partial charge in [0.2, 0.25) is 6.79 Å². The molecule has 0 aliphatic carbocycles. The van der Waals surface area contributed by atoms with E-state index in [-0.39, 0.29) is 18.7 Å². The first-order chi connectivity index (χ1) is 13.6. The van der Waals surface area contributed by atoms with E-state index in [4.69, 9.17) is 26.1 Å². The highest BCUT2D eigenvalue weighted by Gasteiger charge is 2.31. The molecular formula is C20H17ClFN3O2S. The lowest BCUT2D eigenvalue weighted by atomic mass is 10.1. The lowest BCUT2D eigenvalue weighted by molar-refractivity contribution is 0.174. The smallest absolute Gasteiger partial charge is 0.231 e. The maximum absolute atomic E-state index is 13.5. The van der Waals surface area contributed by atoms with E-state index in [1.54, 1.807) is 17.8 Å². The van der Waals surface area contributed by atoms with E-state index in [2.05, 4.69) is 9.47 Å². The van der Waals surface area contributed by atoms with Gasteiger partial charge in [0.25, 0.3) is 0 Å². The van der Waals surface area contributed by atoms with Gasteiger partial charge in [0.15, 0.2) is 16.7 Å². The molecule has 1 saturated heterocycles. The van der Waals surface area contributed by atoms with Gasteiger partial charge >= 0.3 is 0 Å². The number of halogens is 2. The van der Waals surface area contributed by atoms with Crippen LogP contribution in [0.15, 0.2) is 47.6 Å². The Morgan fingerprint density at radius 3 is 2.82 bits per heavy atom. The molecule has 1 fully saturated rings. The summed E-state index contributed by atoms with van der Waals surface area (Å²) in [6, 6.07) is 10.7. The van der Waals surface area contributed by atoms with Crippen molar-refractivity contribution in [2.24, 2.45) is 4.99 Å². The van der Waals surface area contributed by atoms with Crippen LogP contribution in [0.3, 0.4) is 0 Å². The number of fused-ring (bicyclic) bond motifs is 2. The largest absolute Gasteiger partial charge is 0.454 e. The van der Waals surface area contributed by atoms with Crippen molar-refractivity contribution < 1.29 is 13.9 Å². The highest BCUT2D eigenvalue weighted by Crippen LogP contribution is 2.37. The number of aromatic nitrogens is 1. The number of likely N-dealkylation sites (tertiary alicyclic amines) is 1. The summed E-state index contributed by atoms with van der Waals surface area (Å²) in [5, 5.41) is 2.27. The number of rotatable bonds is 2. The third-order valence-corrected chi connectivity index (χ3v) is 6.05. The average molecular weight is 418 g/mol. The fourth-order valence-electron chi connectivity index (χ4n) is 3.59. The van der Waals surface area contributed by atoms with Crippen LogP contribution in [0.25, 0.3) is 10.9 Å². The molecule has 0 atom stereocenters. The SMILES string of the molecule is CS/C(=N/c1ccc2c(c1)OCO2)N1CC(n2cc(Cl)c3cc(F)ccc32)C1. The van der Waals surface area contributed by atoms with Gasteiger partial charge in [0, 0.05) is 30.7 Å². The molecule has 3 aromatic rings. The lowest BCUT2D eigenvalue weighted by Gasteiger charge is -2.41. The van der Waals surface area contributed by atoms with E-state index in [0.717, 1.165) is 46.3 Å². The zero-order chi connectivity index (χ0) is 19.3. The number of ether oxygens (including phenoxy) is 2. The monoisotopic (exact) mass is 417 g/mol. The predicted octanol–water partition coefficient (Wildman–Crippen LogP) is 5.07. The van der Waals surface area contributed by atoms with Crippen LogP contribution in [-0.4, -0.2) is 40.8 Å². The van der Waals surface area contributed by atoms with Gasteiger partial charge in [-0.2, -0.15) is 0 Å². The Morgan fingerprint density at radius 2 is 2.00 bits per heavy atom. The molecule has 2 aromatic carbocycles. The van der Waals surface area contributed by atoms with E-state index in [9.17, 15) is 4.39 Å². The Hall–Kier alpha value is -2.38. The van der Waals surface area contributed by atoms with E-state index in [1.165, 1.54) is 12.1 Å². The van der Waals surface area contributed by atoms with Crippen LogP contribution in [-0.2, 0) is 0 Å². The first kappa shape index (κ1) is 17.7. The van der Waals surface area contributed by atoms with Gasteiger partial charge < -0.3 is 18.9 Å². The van der Waals surface area contributed by atoms with Crippen LogP contribution in [0.4, 0.5) is 10.1 Å². The number of hydrogen-bond acceptors (Lipinski definition) is 4. The fraction of sp³-hybridized carbons (Fsp3) is 0.250. The van der Waals surface area contributed by atoms with Crippen LogP contribution in [0.2, 0.25) is 5.02 Å². The fourth-order valence-corrected chi connectivity index (χ4v) is 4.45. The molecule has 0 saturated carbocycles. The van der Waals surface area contributed by atoms with Gasteiger partial charge in [0.05, 0.1) is 22.3 Å². The van der Waals surface area contributed by atoms with Crippen LogP contribution < -0.4 is 9.47 Å². The minimum atomic E-state index is -0.275. The van der Waals surface area contributed by atoms with Crippen LogP contribution in [0.5, 0.6) is 11.5 Å². The van der Waals surface area contributed by atoms with Gasteiger partial charge in [-0.1, -0.05) is 23.4 Å². The topological polar surface area (TPSA) is 39.0 Å². The molecule has 0 unspecified atom stereocenters. The first-order valence-electron chi connectivity index (χ1n) is 8.85. The van der Waals surface area contributed by atoms with Crippen molar-refractivity contribution in [2.75, 3.05) is 26.1 Å². The normalized spacial score (nSPS) is 16.7. The maximum atomic E-state index is 13.5. The number of thioether (sulfide) groups is 1. The third-order valence-electron chi connectivity index (χ3n) is 5.04. The third kappa shape index (κ3) is 2.99. The molecule has 144 valence electrons. The zero-order valence-electron chi connectivity index (χ0n) is 15.1. The molecule has 8 heteroatoms. The first-order valence-corrected chi connectivity index (χ1v) is 10.5. The van der Waals surface area contributed by atoms with E-state index in [1.807, 2.05) is 30.7 Å². The van der Waals surface area contributed by atoms with Gasteiger partial charge in [-0.15, -0.1) is 0 Å². The van der Waals surface area contributed by atoms with Crippen molar-refractivity contribution >= 4 is 45.1 Å². The Kier molecular flexibility index (Phi) is 4.36. The van der Waals surface area contributed by atoms with Gasteiger partial charge in [-0.3, -0.25) is 0 Å². The summed E-state index contributed by atoms with van der Waals surface area (Å²) in [4.78, 5) is 6.99. The number of nitrogens with zero attached hydrogens (tertiary/aromatic N) is 3. The molecule has 0 bridgehead atoms. The quantitative estimate of drug-likeness (QED) is 0.431. The maximum Gasteiger partial charge on any atom is 0.231 e. The van der Waals surface area contributed by atoms with Crippen molar-refractivity contribution in [2.45, 2.75) is 6.04 Å². The molecule has 0 radical (unpaired) electrons. The summed E-state index contributed by atoms with van der Waals surface area (Å²) in [6.45, 7) is 1.90. The summed E-state index contributed by atoms with van der Waals surface area (Å²) in [5.74, 6) is 1.20. The number of hydrogen-bond donors (Lipinski definition) is 0. The molecule has 0 spiro atoms. The highest BCUT2D eigenvalue weighted by atomic mass is 35.5. The van der Waals surface area contributed by atoms with Crippen molar-refractivity contribution in [1.29, 1.82) is 0 Å². The number of benzene rings is 2. The summed E-state index contributed by atoms with van der Waals surface area (Å²) in [5.41, 5.74) is 1.79. The average Bonchev–Trinajstić information content (AvgIpc) is 3.24. The molecule has 2 aliphatic rings. The van der Waals surface area contributed by atoms with Gasteiger partial charge in [-0.05, 0) is 36.6 Å².